The number of nitrogens with zero attached hydrogens (tertiary/aromatic N) is 2. The fourth-order valence-electron chi connectivity index (χ4n) is 3.58. The summed E-state index contributed by atoms with van der Waals surface area (Å²) >= 11 is 0. The number of nitrogens with one attached hydrogen (secondary N) is 3. The maximum atomic E-state index is 13.4. The Morgan fingerprint density at radius 1 is 1.18 bits per heavy atom. The van der Waals surface area contributed by atoms with Crippen molar-refractivity contribution in [3.63, 3.8) is 0 Å². The average molecular weight is 467 g/mol. The molecule has 1 aromatic carbocycles. The van der Waals surface area contributed by atoms with Gasteiger partial charge in [-0.1, -0.05) is 44.2 Å². The van der Waals surface area contributed by atoms with Crippen LogP contribution in [0, 0.1) is 5.92 Å². The van der Waals surface area contributed by atoms with Crippen LogP contribution >= 0.6 is 0 Å². The van der Waals surface area contributed by atoms with Crippen LogP contribution in [0.2, 0.25) is 0 Å². The van der Waals surface area contributed by atoms with Crippen molar-refractivity contribution in [3.8, 4) is 0 Å². The maximum Gasteiger partial charge on any atom is 0.551 e. The highest BCUT2D eigenvalue weighted by molar-refractivity contribution is 6.49. The fourth-order valence-corrected chi connectivity index (χ4v) is 3.58. The molecular weight excluding hydrogens is 437 g/mol. The molecule has 2 heterocycles. The summed E-state index contributed by atoms with van der Waals surface area (Å²) in [7, 11) is -0.922. The van der Waals surface area contributed by atoms with Crippen LogP contribution in [0.15, 0.2) is 48.9 Å². The van der Waals surface area contributed by atoms with Gasteiger partial charge in [0, 0.05) is 32.0 Å². The molecule has 2 amide bonds. The third-order valence-electron chi connectivity index (χ3n) is 5.16. The van der Waals surface area contributed by atoms with E-state index in [9.17, 15) is 14.4 Å². The third-order valence-corrected chi connectivity index (χ3v) is 5.16. The zero-order valence-electron chi connectivity index (χ0n) is 19.4. The second-order valence-electron chi connectivity index (χ2n) is 8.46. The summed E-state index contributed by atoms with van der Waals surface area (Å²) in [6.07, 6.45) is 5.00. The molecule has 0 aliphatic carbocycles. The Kier molecular flexibility index (Phi) is 9.54. The van der Waals surface area contributed by atoms with Gasteiger partial charge in [0.05, 0.1) is 18.7 Å². The number of hydrogen-bond acceptors (Lipinski definition) is 8. The van der Waals surface area contributed by atoms with E-state index in [4.69, 9.17) is 9.31 Å². The number of amides is 2. The van der Waals surface area contributed by atoms with Gasteiger partial charge in [-0.25, -0.2) is 4.98 Å². The van der Waals surface area contributed by atoms with Crippen LogP contribution in [0.25, 0.3) is 0 Å². The summed E-state index contributed by atoms with van der Waals surface area (Å²) in [5, 5.41) is 8.63. The summed E-state index contributed by atoms with van der Waals surface area (Å²) in [6, 6.07) is 8.49. The summed E-state index contributed by atoms with van der Waals surface area (Å²) in [4.78, 5) is 46.1. The Balaban J connectivity index is 1.78. The molecule has 2 atom stereocenters. The van der Waals surface area contributed by atoms with E-state index in [1.165, 1.54) is 18.6 Å². The van der Waals surface area contributed by atoms with Gasteiger partial charge in [-0.15, -0.1) is 0 Å². The van der Waals surface area contributed by atoms with E-state index in [0.29, 0.717) is 19.6 Å². The molecule has 3 rings (SSSR count). The number of rotatable bonds is 9. The van der Waals surface area contributed by atoms with Crippen LogP contribution in [0.3, 0.4) is 0 Å². The largest absolute Gasteiger partial charge is 0.551 e. The number of carbonyl (C=O) groups is 3. The second kappa shape index (κ2) is 12.8. The van der Waals surface area contributed by atoms with Gasteiger partial charge < -0.3 is 25.3 Å². The standard InChI is InChI=1S/C23H30BN5O5/c1-16(2)12-20(24-33-11-10-26-15-21(30)34-24)29-22(31)18(13-17-6-4-3-5-7-17)28-23(32)19-14-25-8-9-27-19/h3-9,14,16,18,20,26H,10-13,15H2,1-2H3,(H,28,32)(H,29,31)/t18?,20-/m0/s1. The van der Waals surface area contributed by atoms with E-state index >= 15 is 0 Å². The molecule has 0 bridgehead atoms. The molecule has 180 valence electrons. The van der Waals surface area contributed by atoms with Crippen molar-refractivity contribution < 1.29 is 23.7 Å². The summed E-state index contributed by atoms with van der Waals surface area (Å²) in [5.41, 5.74) is 0.985. The summed E-state index contributed by atoms with van der Waals surface area (Å²) < 4.78 is 11.2. The molecule has 1 aromatic heterocycles. The van der Waals surface area contributed by atoms with Crippen molar-refractivity contribution in [3.05, 3.63) is 60.2 Å². The number of carbonyl (C=O) groups excluding carboxylic acids is 3. The molecule has 34 heavy (non-hydrogen) atoms. The van der Waals surface area contributed by atoms with Gasteiger partial charge >= 0.3 is 13.1 Å². The van der Waals surface area contributed by atoms with Crippen LogP contribution in [-0.2, 0) is 25.3 Å². The molecule has 1 unspecified atom stereocenters. The van der Waals surface area contributed by atoms with Crippen LogP contribution in [0.4, 0.5) is 0 Å². The average Bonchev–Trinajstić information content (AvgIpc) is 2.81. The van der Waals surface area contributed by atoms with Gasteiger partial charge in [-0.3, -0.25) is 19.4 Å². The lowest BCUT2D eigenvalue weighted by Gasteiger charge is -2.28. The van der Waals surface area contributed by atoms with Gasteiger partial charge in [-0.05, 0) is 17.9 Å². The minimum Gasteiger partial charge on any atom is -0.507 e. The Hall–Kier alpha value is -3.31. The first-order chi connectivity index (χ1) is 16.4. The highest BCUT2D eigenvalue weighted by Gasteiger charge is 2.38. The molecule has 0 radical (unpaired) electrons. The van der Waals surface area contributed by atoms with Gasteiger partial charge in [-0.2, -0.15) is 0 Å². The third kappa shape index (κ3) is 7.93. The van der Waals surface area contributed by atoms with E-state index in [1.807, 2.05) is 44.2 Å². The molecule has 0 spiro atoms. The molecule has 11 heteroatoms. The molecule has 1 aliphatic heterocycles. The van der Waals surface area contributed by atoms with E-state index in [1.54, 1.807) is 0 Å². The lowest BCUT2D eigenvalue weighted by Crippen LogP contribution is -2.57. The minimum absolute atomic E-state index is 0.0764. The van der Waals surface area contributed by atoms with E-state index in [-0.39, 0.29) is 24.6 Å². The van der Waals surface area contributed by atoms with Gasteiger partial charge in [0.15, 0.2) is 0 Å². The Morgan fingerprint density at radius 2 is 1.97 bits per heavy atom. The minimum atomic E-state index is -0.922. The predicted octanol–water partition coefficient (Wildman–Crippen LogP) is 0.539. The molecule has 1 saturated heterocycles. The Morgan fingerprint density at radius 3 is 2.68 bits per heavy atom. The molecule has 0 saturated carbocycles. The van der Waals surface area contributed by atoms with Crippen LogP contribution < -0.4 is 16.0 Å². The van der Waals surface area contributed by atoms with Crippen molar-refractivity contribution >= 4 is 24.9 Å². The highest BCUT2D eigenvalue weighted by atomic mass is 16.6. The molecule has 3 N–H and O–H groups in total. The summed E-state index contributed by atoms with van der Waals surface area (Å²) in [5.74, 6) is -1.76. The molecule has 10 nitrogen and oxygen atoms in total. The van der Waals surface area contributed by atoms with E-state index < -0.39 is 36.9 Å². The van der Waals surface area contributed by atoms with Crippen molar-refractivity contribution in [1.82, 2.24) is 25.9 Å². The number of hydrogen-bond donors (Lipinski definition) is 3. The topological polar surface area (TPSA) is 132 Å². The second-order valence-corrected chi connectivity index (χ2v) is 8.46. The first kappa shape index (κ1) is 25.3. The van der Waals surface area contributed by atoms with Crippen LogP contribution in [-0.4, -0.2) is 66.5 Å². The predicted molar refractivity (Wildman–Crippen MR) is 125 cm³/mol. The zero-order chi connectivity index (χ0) is 24.3. The van der Waals surface area contributed by atoms with Gasteiger partial charge in [0.2, 0.25) is 5.91 Å². The monoisotopic (exact) mass is 467 g/mol. The van der Waals surface area contributed by atoms with Gasteiger partial charge in [0.1, 0.15) is 11.7 Å². The van der Waals surface area contributed by atoms with E-state index in [2.05, 4.69) is 25.9 Å². The zero-order valence-corrected chi connectivity index (χ0v) is 19.4. The smallest absolute Gasteiger partial charge is 0.507 e. The first-order valence-electron chi connectivity index (χ1n) is 11.4. The number of aromatic nitrogens is 2. The lowest BCUT2D eigenvalue weighted by atomic mass is 9.73. The van der Waals surface area contributed by atoms with E-state index in [0.717, 1.165) is 5.56 Å². The molecule has 2 aromatic rings. The normalized spacial score (nSPS) is 16.1. The van der Waals surface area contributed by atoms with Gasteiger partial charge in [0.25, 0.3) is 5.91 Å². The lowest BCUT2D eigenvalue weighted by molar-refractivity contribution is -0.136. The fraction of sp³-hybridized carbons (Fsp3) is 0.435. The van der Waals surface area contributed by atoms with Crippen molar-refractivity contribution in [2.75, 3.05) is 19.7 Å². The summed E-state index contributed by atoms with van der Waals surface area (Å²) in [6.45, 7) is 4.91. The quantitative estimate of drug-likeness (QED) is 0.456. The van der Waals surface area contributed by atoms with Crippen LogP contribution in [0.1, 0.15) is 36.3 Å². The Labute approximate surface area is 199 Å². The van der Waals surface area contributed by atoms with Crippen molar-refractivity contribution in [2.45, 2.75) is 38.7 Å². The maximum absolute atomic E-state index is 13.4. The number of benzene rings is 1. The molecule has 1 aliphatic rings. The molecular formula is C23H30BN5O5. The first-order valence-corrected chi connectivity index (χ1v) is 11.4. The highest BCUT2D eigenvalue weighted by Crippen LogP contribution is 2.12. The Bertz CT molecular complexity index is 947. The van der Waals surface area contributed by atoms with Crippen molar-refractivity contribution in [2.24, 2.45) is 5.92 Å². The van der Waals surface area contributed by atoms with Crippen molar-refractivity contribution in [1.29, 1.82) is 0 Å². The molecule has 1 fully saturated rings. The van der Waals surface area contributed by atoms with Crippen LogP contribution in [0.5, 0.6) is 0 Å². The SMILES string of the molecule is CC(C)C[C@H](NC(=O)C(Cc1ccccc1)NC(=O)c1cnccn1)B1OCCNCC(=O)O1.